The Labute approximate surface area is 206 Å². The van der Waals surface area contributed by atoms with Crippen molar-refractivity contribution >= 4 is 40.4 Å². The minimum absolute atomic E-state index is 0.849. The highest BCUT2D eigenvalue weighted by Gasteiger charge is 2.18. The van der Waals surface area contributed by atoms with Crippen molar-refractivity contribution in [2.75, 3.05) is 20.1 Å². The average molecular weight is 474 g/mol. The third-order valence-corrected chi connectivity index (χ3v) is 6.80. The molecule has 0 atom stereocenters. The summed E-state index contributed by atoms with van der Waals surface area (Å²) >= 11 is 1.73. The zero-order valence-corrected chi connectivity index (χ0v) is 21.5. The molecule has 34 heavy (non-hydrogen) atoms. The van der Waals surface area contributed by atoms with Crippen LogP contribution in [0.15, 0.2) is 85.7 Å². The first kappa shape index (κ1) is 24.0. The number of benzene rings is 2. The van der Waals surface area contributed by atoms with Gasteiger partial charge < -0.3 is 4.90 Å². The lowest BCUT2D eigenvalue weighted by Crippen LogP contribution is -2.35. The van der Waals surface area contributed by atoms with E-state index in [1.165, 1.54) is 0 Å². The van der Waals surface area contributed by atoms with Gasteiger partial charge in [0.05, 0.1) is 37.7 Å². The second-order valence-corrected chi connectivity index (χ2v) is 9.54. The van der Waals surface area contributed by atoms with Crippen LogP contribution in [0.3, 0.4) is 0 Å². The quantitative estimate of drug-likeness (QED) is 0.327. The van der Waals surface area contributed by atoms with Crippen molar-refractivity contribution in [3.05, 3.63) is 66.7 Å². The lowest BCUT2D eigenvalue weighted by Gasteiger charge is -2.14. The maximum absolute atomic E-state index is 4.98. The van der Waals surface area contributed by atoms with E-state index in [0.717, 1.165) is 70.2 Å². The first-order chi connectivity index (χ1) is 16.5. The summed E-state index contributed by atoms with van der Waals surface area (Å²) in [7, 11) is 6.20. The lowest BCUT2D eigenvalue weighted by molar-refractivity contribution is -0.672. The predicted molar refractivity (Wildman–Crippen MR) is 142 cm³/mol. The fourth-order valence-corrected chi connectivity index (χ4v) is 5.02. The molecular weight excluding hydrogens is 440 g/mol. The van der Waals surface area contributed by atoms with E-state index in [1.54, 1.807) is 11.8 Å². The number of aryl methyl sites for hydroxylation is 2. The number of rotatable bonds is 8. The molecule has 176 valence electrons. The van der Waals surface area contributed by atoms with Gasteiger partial charge in [-0.05, 0) is 49.2 Å². The molecule has 0 radical (unpaired) electrons. The van der Waals surface area contributed by atoms with Gasteiger partial charge in [-0.25, -0.2) is 19.1 Å². The van der Waals surface area contributed by atoms with E-state index in [2.05, 4.69) is 115 Å². The average Bonchev–Trinajstić information content (AvgIpc) is 3.41. The fraction of sp³-hybridized carbons (Fsp3) is 0.333. The molecule has 7 heteroatoms. The Morgan fingerprint density at radius 1 is 0.971 bits per heavy atom. The minimum Gasteiger partial charge on any atom is -0.357 e. The molecule has 0 amide bonds. The van der Waals surface area contributed by atoms with Crippen LogP contribution in [0.2, 0.25) is 0 Å². The molecule has 0 unspecified atom stereocenters. The van der Waals surface area contributed by atoms with Crippen molar-refractivity contribution in [1.82, 2.24) is 9.47 Å². The largest absolute Gasteiger partial charge is 0.357 e. The summed E-state index contributed by atoms with van der Waals surface area (Å²) in [4.78, 5) is 19.0. The highest BCUT2D eigenvalue weighted by molar-refractivity contribution is 7.99. The second-order valence-electron chi connectivity index (χ2n) is 8.39. The highest BCUT2D eigenvalue weighted by atomic mass is 32.2. The maximum atomic E-state index is 4.98. The zero-order valence-electron chi connectivity index (χ0n) is 20.7. The molecule has 0 fully saturated rings. The van der Waals surface area contributed by atoms with Gasteiger partial charge in [0.1, 0.15) is 23.9 Å². The van der Waals surface area contributed by atoms with Crippen molar-refractivity contribution < 1.29 is 4.57 Å². The van der Waals surface area contributed by atoms with E-state index in [4.69, 9.17) is 9.98 Å². The summed E-state index contributed by atoms with van der Waals surface area (Å²) in [5, 5.41) is 0. The number of nitrogens with zero attached hydrogens (tertiary/aromatic N) is 6. The van der Waals surface area contributed by atoms with Crippen molar-refractivity contribution in [2.45, 2.75) is 36.5 Å². The number of aliphatic imine (C=N–C) groups is 3. The van der Waals surface area contributed by atoms with E-state index in [-0.39, 0.29) is 0 Å². The van der Waals surface area contributed by atoms with Crippen LogP contribution >= 0.6 is 11.8 Å². The maximum Gasteiger partial charge on any atom is 0.303 e. The van der Waals surface area contributed by atoms with Gasteiger partial charge in [-0.15, -0.1) is 0 Å². The zero-order chi connectivity index (χ0) is 24.1. The van der Waals surface area contributed by atoms with Crippen LogP contribution in [0.5, 0.6) is 0 Å². The Morgan fingerprint density at radius 2 is 1.59 bits per heavy atom. The van der Waals surface area contributed by atoms with E-state index >= 15 is 0 Å². The summed E-state index contributed by atoms with van der Waals surface area (Å²) in [6, 6.07) is 16.8. The van der Waals surface area contributed by atoms with Crippen molar-refractivity contribution in [1.29, 1.82) is 0 Å². The third kappa shape index (κ3) is 5.47. The topological polar surface area (TPSA) is 49.1 Å². The molecule has 3 aromatic rings. The van der Waals surface area contributed by atoms with E-state index in [1.807, 2.05) is 0 Å². The number of likely N-dealkylation sites (N-methyl/N-ethyl adjacent to an activating group) is 1. The molecule has 0 spiro atoms. The third-order valence-electron chi connectivity index (χ3n) is 5.83. The molecule has 1 aliphatic heterocycles. The smallest absolute Gasteiger partial charge is 0.303 e. The van der Waals surface area contributed by atoms with E-state index in [9.17, 15) is 0 Å². The number of hydrogen-bond acceptors (Lipinski definition) is 5. The van der Waals surface area contributed by atoms with Gasteiger partial charge in [0.25, 0.3) is 0 Å². The van der Waals surface area contributed by atoms with Gasteiger partial charge in [-0.1, -0.05) is 37.7 Å². The molecule has 1 aliphatic rings. The van der Waals surface area contributed by atoms with Crippen molar-refractivity contribution in [3.63, 3.8) is 0 Å². The molecule has 2 aromatic carbocycles. The molecular formula is C27H33N6S+. The number of hydrogen-bond donors (Lipinski definition) is 0. The Morgan fingerprint density at radius 3 is 2.09 bits per heavy atom. The van der Waals surface area contributed by atoms with Crippen LogP contribution in [0.25, 0.3) is 0 Å². The Bertz CT molecular complexity index is 1230. The molecule has 0 N–H and O–H groups in total. The Kier molecular flexibility index (Phi) is 7.63. The molecule has 0 saturated heterocycles. The van der Waals surface area contributed by atoms with Gasteiger partial charge in [0.15, 0.2) is 0 Å². The molecule has 1 aromatic heterocycles. The van der Waals surface area contributed by atoms with Crippen LogP contribution < -0.4 is 4.57 Å². The SMILES string of the molecule is CC/C(=N\c1cccc(Sc2cccc(/N=C(\CC)c3n(C)cc[n+]3C)c2)c1)C1=NCCN1C. The molecule has 4 rings (SSSR count). The van der Waals surface area contributed by atoms with E-state index < -0.39 is 0 Å². The molecule has 0 bridgehead atoms. The summed E-state index contributed by atoms with van der Waals surface area (Å²) in [6.45, 7) is 6.10. The van der Waals surface area contributed by atoms with E-state index in [0.29, 0.717) is 0 Å². The molecule has 2 heterocycles. The normalized spacial score (nSPS) is 14.6. The molecule has 0 saturated carbocycles. The molecule has 0 aliphatic carbocycles. The Hall–Kier alpha value is -3.19. The lowest BCUT2D eigenvalue weighted by atomic mass is 10.2. The van der Waals surface area contributed by atoms with Crippen LogP contribution in [-0.2, 0) is 14.1 Å². The monoisotopic (exact) mass is 473 g/mol. The summed E-state index contributed by atoms with van der Waals surface area (Å²) < 4.78 is 4.23. The Balaban J connectivity index is 1.56. The van der Waals surface area contributed by atoms with Gasteiger partial charge >= 0.3 is 5.82 Å². The van der Waals surface area contributed by atoms with Crippen molar-refractivity contribution in [2.24, 2.45) is 29.1 Å². The molecule has 6 nitrogen and oxygen atoms in total. The summed E-state index contributed by atoms with van der Waals surface area (Å²) in [5.41, 5.74) is 4.04. The van der Waals surface area contributed by atoms with Crippen LogP contribution in [0.1, 0.15) is 32.5 Å². The second kappa shape index (κ2) is 10.8. The van der Waals surface area contributed by atoms with Gasteiger partial charge in [-0.2, -0.15) is 0 Å². The van der Waals surface area contributed by atoms with Gasteiger partial charge in [-0.3, -0.25) is 4.99 Å². The minimum atomic E-state index is 0.849. The number of amidine groups is 1. The van der Waals surface area contributed by atoms with Crippen molar-refractivity contribution in [3.8, 4) is 0 Å². The highest BCUT2D eigenvalue weighted by Crippen LogP contribution is 2.32. The summed E-state index contributed by atoms with van der Waals surface area (Å²) in [6.07, 6.45) is 5.84. The van der Waals surface area contributed by atoms with Crippen LogP contribution in [-0.4, -0.2) is 46.9 Å². The predicted octanol–water partition coefficient (Wildman–Crippen LogP) is 5.36. The number of imidazole rings is 1. The number of aromatic nitrogens is 2. The fourth-order valence-electron chi connectivity index (χ4n) is 4.10. The standard InChI is InChI=1S/C27H33N6S/c1-6-24(26-28-14-15-31(26)3)29-20-10-8-12-22(18-20)34-23-13-9-11-21(19-23)30-25(7-2)27-32(4)16-17-33(27)5/h8-13,16-19H,6-7,14-15H2,1-5H3/q+1/b29-24+,30-25+. The van der Waals surface area contributed by atoms with Crippen LogP contribution in [0.4, 0.5) is 11.4 Å². The first-order valence-corrected chi connectivity index (χ1v) is 12.6. The first-order valence-electron chi connectivity index (χ1n) is 11.8. The van der Waals surface area contributed by atoms with Gasteiger partial charge in [0.2, 0.25) is 0 Å². The van der Waals surface area contributed by atoms with Gasteiger partial charge in [0, 0.05) is 23.4 Å². The van der Waals surface area contributed by atoms with Crippen LogP contribution in [0, 0.1) is 0 Å². The summed E-state index contributed by atoms with van der Waals surface area (Å²) in [5.74, 6) is 2.14.